The molecular weight excluding hydrogens is 349 g/mol. The van der Waals surface area contributed by atoms with Crippen LogP contribution in [0.4, 0.5) is 13.2 Å². The number of thioether (sulfide) groups is 1. The molecule has 0 bridgehead atoms. The second-order valence-corrected chi connectivity index (χ2v) is 6.50. The molecule has 2 rings (SSSR count). The van der Waals surface area contributed by atoms with E-state index in [1.54, 1.807) is 23.9 Å². The van der Waals surface area contributed by atoms with Crippen LogP contribution in [-0.4, -0.2) is 24.4 Å². The molecule has 0 spiro atoms. The summed E-state index contributed by atoms with van der Waals surface area (Å²) >= 11 is 1.62. The van der Waals surface area contributed by atoms with Crippen LogP contribution in [0, 0.1) is 0 Å². The summed E-state index contributed by atoms with van der Waals surface area (Å²) in [6.45, 7) is 1.31. The quantitative estimate of drug-likeness (QED) is 0.754. The summed E-state index contributed by atoms with van der Waals surface area (Å²) < 4.78 is 40.0. The Kier molecular flexibility index (Phi) is 6.13. The highest BCUT2D eigenvalue weighted by Crippen LogP contribution is 2.34. The zero-order valence-electron chi connectivity index (χ0n) is 13.8. The van der Waals surface area contributed by atoms with Gasteiger partial charge in [0.25, 0.3) is 0 Å². The molecule has 0 radical (unpaired) electrons. The third-order valence-electron chi connectivity index (χ3n) is 3.84. The van der Waals surface area contributed by atoms with E-state index in [0.29, 0.717) is 0 Å². The Morgan fingerprint density at radius 1 is 1.04 bits per heavy atom. The third kappa shape index (κ3) is 4.99. The molecule has 0 aliphatic carbocycles. The number of halogens is 3. The van der Waals surface area contributed by atoms with Gasteiger partial charge in [-0.05, 0) is 42.0 Å². The lowest BCUT2D eigenvalue weighted by molar-refractivity contribution is -0.160. The van der Waals surface area contributed by atoms with Crippen LogP contribution in [0.2, 0.25) is 0 Å². The normalized spacial score (nSPS) is 14.1. The van der Waals surface area contributed by atoms with Crippen LogP contribution in [-0.2, 0) is 4.79 Å². The third-order valence-corrected chi connectivity index (χ3v) is 4.58. The minimum atomic E-state index is -4.54. The van der Waals surface area contributed by atoms with Crippen LogP contribution in [0.1, 0.15) is 18.5 Å². The molecule has 0 saturated carbocycles. The second-order valence-electron chi connectivity index (χ2n) is 5.62. The highest BCUT2D eigenvalue weighted by molar-refractivity contribution is 7.98. The molecule has 7 heteroatoms. The molecule has 0 aliphatic heterocycles. The van der Waals surface area contributed by atoms with Crippen LogP contribution in [0.3, 0.4) is 0 Å². The smallest absolute Gasteiger partial charge is 0.368 e. The van der Waals surface area contributed by atoms with E-state index < -0.39 is 24.2 Å². The van der Waals surface area contributed by atoms with Gasteiger partial charge in [0.05, 0.1) is 6.04 Å². The molecule has 0 saturated heterocycles. The number of rotatable bonds is 6. The molecule has 134 valence electrons. The van der Waals surface area contributed by atoms with Crippen molar-refractivity contribution in [2.24, 2.45) is 5.73 Å². The molecular formula is C18H19F3N2OS. The van der Waals surface area contributed by atoms with Gasteiger partial charge in [-0.25, -0.2) is 0 Å². The van der Waals surface area contributed by atoms with Crippen molar-refractivity contribution in [2.75, 3.05) is 6.26 Å². The van der Waals surface area contributed by atoms with Crippen molar-refractivity contribution in [3.63, 3.8) is 0 Å². The average Bonchev–Trinajstić information content (AvgIpc) is 2.58. The van der Waals surface area contributed by atoms with Crippen molar-refractivity contribution in [1.29, 1.82) is 0 Å². The molecule has 1 unspecified atom stereocenters. The summed E-state index contributed by atoms with van der Waals surface area (Å²) in [6.07, 6.45) is -2.56. The maximum Gasteiger partial charge on any atom is 0.407 e. The Hall–Kier alpha value is -1.99. The Labute approximate surface area is 148 Å². The van der Waals surface area contributed by atoms with E-state index in [1.807, 2.05) is 30.5 Å². The molecule has 0 fully saturated rings. The maximum absolute atomic E-state index is 13.3. The summed E-state index contributed by atoms with van der Waals surface area (Å²) in [5.41, 5.74) is 6.83. The molecule has 0 heterocycles. The van der Waals surface area contributed by atoms with Gasteiger partial charge in [0, 0.05) is 4.90 Å². The van der Waals surface area contributed by atoms with Crippen molar-refractivity contribution in [3.05, 3.63) is 54.1 Å². The number of amides is 1. The van der Waals surface area contributed by atoms with Gasteiger partial charge >= 0.3 is 6.18 Å². The van der Waals surface area contributed by atoms with Crippen LogP contribution in [0.5, 0.6) is 0 Å². The summed E-state index contributed by atoms with van der Waals surface area (Å²) in [6, 6.07) is 10.8. The number of nitrogens with one attached hydrogen (secondary N) is 1. The van der Waals surface area contributed by atoms with E-state index in [1.165, 1.54) is 19.1 Å². The van der Waals surface area contributed by atoms with E-state index in [2.05, 4.69) is 5.32 Å². The van der Waals surface area contributed by atoms with Crippen molar-refractivity contribution in [2.45, 2.75) is 30.1 Å². The fourth-order valence-corrected chi connectivity index (χ4v) is 2.77. The number of carbonyl (C=O) groups is 1. The number of primary amides is 1. The Morgan fingerprint density at radius 3 is 1.92 bits per heavy atom. The predicted octanol–water partition coefficient (Wildman–Crippen LogP) is 4.14. The number of alkyl halides is 3. The van der Waals surface area contributed by atoms with Gasteiger partial charge in [-0.1, -0.05) is 36.4 Å². The van der Waals surface area contributed by atoms with Gasteiger partial charge in [-0.2, -0.15) is 13.2 Å². The van der Waals surface area contributed by atoms with Gasteiger partial charge in [0.2, 0.25) is 5.91 Å². The first-order valence-corrected chi connectivity index (χ1v) is 8.81. The van der Waals surface area contributed by atoms with Crippen molar-refractivity contribution < 1.29 is 18.0 Å². The Bertz CT molecular complexity index is 715. The Balaban J connectivity index is 2.26. The highest BCUT2D eigenvalue weighted by Gasteiger charge is 2.41. The lowest BCUT2D eigenvalue weighted by Gasteiger charge is -2.24. The summed E-state index contributed by atoms with van der Waals surface area (Å²) in [4.78, 5) is 12.2. The largest absolute Gasteiger partial charge is 0.407 e. The molecule has 3 N–H and O–H groups in total. The number of carbonyl (C=O) groups excluding carboxylic acids is 1. The summed E-state index contributed by atoms with van der Waals surface area (Å²) in [5, 5.41) is 2.24. The monoisotopic (exact) mass is 368 g/mol. The minimum absolute atomic E-state index is 0.0325. The SMILES string of the molecule is CSc1ccc(-c2ccc(C(N[C@@H](C)C(N)=O)C(F)(F)F)cc2)cc1. The number of benzene rings is 2. The fraction of sp³-hybridized carbons (Fsp3) is 0.278. The number of hydrogen-bond donors (Lipinski definition) is 2. The summed E-state index contributed by atoms with van der Waals surface area (Å²) in [7, 11) is 0. The van der Waals surface area contributed by atoms with E-state index in [0.717, 1.165) is 16.0 Å². The van der Waals surface area contributed by atoms with E-state index in [-0.39, 0.29) is 5.56 Å². The molecule has 2 aromatic rings. The van der Waals surface area contributed by atoms with E-state index in [9.17, 15) is 18.0 Å². The molecule has 3 nitrogen and oxygen atoms in total. The van der Waals surface area contributed by atoms with Gasteiger partial charge in [-0.15, -0.1) is 11.8 Å². The lowest BCUT2D eigenvalue weighted by Crippen LogP contribution is -2.45. The second kappa shape index (κ2) is 7.93. The minimum Gasteiger partial charge on any atom is -0.368 e. The first kappa shape index (κ1) is 19.3. The van der Waals surface area contributed by atoms with Crippen LogP contribution >= 0.6 is 11.8 Å². The van der Waals surface area contributed by atoms with Crippen molar-refractivity contribution in [3.8, 4) is 11.1 Å². The summed E-state index contributed by atoms with van der Waals surface area (Å²) in [5.74, 6) is -0.834. The van der Waals surface area contributed by atoms with E-state index in [4.69, 9.17) is 5.73 Å². The van der Waals surface area contributed by atoms with Crippen molar-refractivity contribution >= 4 is 17.7 Å². The highest BCUT2D eigenvalue weighted by atomic mass is 32.2. The molecule has 2 atom stereocenters. The lowest BCUT2D eigenvalue weighted by atomic mass is 10.00. The van der Waals surface area contributed by atoms with Gasteiger partial charge in [0.15, 0.2) is 0 Å². The average molecular weight is 368 g/mol. The predicted molar refractivity (Wildman–Crippen MR) is 94.2 cm³/mol. The van der Waals surface area contributed by atoms with Gasteiger partial charge in [-0.3, -0.25) is 10.1 Å². The molecule has 25 heavy (non-hydrogen) atoms. The fourth-order valence-electron chi connectivity index (χ4n) is 2.36. The molecule has 1 amide bonds. The van der Waals surface area contributed by atoms with Gasteiger partial charge in [0.1, 0.15) is 6.04 Å². The molecule has 0 aliphatic rings. The van der Waals surface area contributed by atoms with Crippen LogP contribution in [0.25, 0.3) is 11.1 Å². The van der Waals surface area contributed by atoms with Crippen molar-refractivity contribution in [1.82, 2.24) is 5.32 Å². The standard InChI is InChI=1S/C18H19F3N2OS/c1-11(17(22)24)23-16(18(19,20)21)14-5-3-12(4-6-14)13-7-9-15(25-2)10-8-13/h3-11,16,23H,1-2H3,(H2,22,24)/t11-,16?/m0/s1. The van der Waals surface area contributed by atoms with E-state index >= 15 is 0 Å². The molecule has 0 aromatic heterocycles. The molecule has 2 aromatic carbocycles. The zero-order chi connectivity index (χ0) is 18.6. The number of nitrogens with two attached hydrogens (primary N) is 1. The van der Waals surface area contributed by atoms with Crippen LogP contribution in [0.15, 0.2) is 53.4 Å². The zero-order valence-corrected chi connectivity index (χ0v) is 14.6. The number of hydrogen-bond acceptors (Lipinski definition) is 3. The maximum atomic E-state index is 13.3. The first-order valence-electron chi connectivity index (χ1n) is 7.59. The van der Waals surface area contributed by atoms with Gasteiger partial charge < -0.3 is 5.73 Å². The van der Waals surface area contributed by atoms with Crippen LogP contribution < -0.4 is 11.1 Å². The topological polar surface area (TPSA) is 55.1 Å². The first-order chi connectivity index (χ1) is 11.7. The Morgan fingerprint density at radius 2 is 1.52 bits per heavy atom.